The fraction of sp³-hybridized carbons (Fsp3) is 0.308. The van der Waals surface area contributed by atoms with E-state index in [4.69, 9.17) is 18.0 Å². The summed E-state index contributed by atoms with van der Waals surface area (Å²) in [5.41, 5.74) is 3.73. The average Bonchev–Trinajstić information content (AvgIpc) is 2.89. The number of benzene rings is 1. The van der Waals surface area contributed by atoms with Gasteiger partial charge in [0.25, 0.3) is 0 Å². The second-order valence-corrected chi connectivity index (χ2v) is 5.24. The molecule has 21 heavy (non-hydrogen) atoms. The van der Waals surface area contributed by atoms with Crippen molar-refractivity contribution in [2.75, 3.05) is 0 Å². The van der Waals surface area contributed by atoms with Gasteiger partial charge in [0.15, 0.2) is 0 Å². The van der Waals surface area contributed by atoms with E-state index in [-0.39, 0.29) is 17.1 Å². The second kappa shape index (κ2) is 5.82. The van der Waals surface area contributed by atoms with E-state index in [1.54, 1.807) is 6.92 Å². The van der Waals surface area contributed by atoms with Crippen LogP contribution in [0.3, 0.4) is 0 Å². The zero-order valence-corrected chi connectivity index (χ0v) is 12.0. The zero-order chi connectivity index (χ0) is 15.6. The van der Waals surface area contributed by atoms with Gasteiger partial charge in [0.2, 0.25) is 0 Å². The van der Waals surface area contributed by atoms with Crippen LogP contribution in [0.4, 0.5) is 8.78 Å². The Bertz CT molecular complexity index is 650. The summed E-state index contributed by atoms with van der Waals surface area (Å²) in [4.78, 5) is 3.78. The number of rotatable bonds is 5. The average molecular weight is 312 g/mol. The lowest BCUT2D eigenvalue weighted by atomic mass is 9.81. The van der Waals surface area contributed by atoms with Crippen LogP contribution in [0.2, 0.25) is 0 Å². The van der Waals surface area contributed by atoms with Crippen LogP contribution in [0.25, 0.3) is 0 Å². The second-order valence-electron chi connectivity index (χ2n) is 4.77. The van der Waals surface area contributed by atoms with E-state index in [9.17, 15) is 13.9 Å². The van der Waals surface area contributed by atoms with Gasteiger partial charge >= 0.3 is 0 Å². The van der Waals surface area contributed by atoms with Crippen LogP contribution in [0.15, 0.2) is 30.9 Å². The zero-order valence-electron chi connectivity index (χ0n) is 11.2. The van der Waals surface area contributed by atoms with Gasteiger partial charge in [0.1, 0.15) is 29.9 Å². The smallest absolute Gasteiger partial charge is 0.137 e. The minimum atomic E-state index is -1.77. The maximum absolute atomic E-state index is 14.1. The van der Waals surface area contributed by atoms with Crippen molar-refractivity contribution >= 4 is 17.2 Å². The van der Waals surface area contributed by atoms with E-state index in [2.05, 4.69) is 10.1 Å². The van der Waals surface area contributed by atoms with Crippen LogP contribution in [0.5, 0.6) is 0 Å². The maximum atomic E-state index is 14.1. The standard InChI is InChI=1S/C13H14F2N4OS/c1-8(12(16)21)13(20,5-19-7-17-6-18-19)10-3-2-9(14)4-11(10)15/h2-4,6-8,20H,5H2,1H3,(H2,16,21)/t8-,13-/m1/s1. The van der Waals surface area contributed by atoms with Crippen LogP contribution >= 0.6 is 12.2 Å². The third-order valence-corrected chi connectivity index (χ3v) is 3.76. The molecule has 0 bridgehead atoms. The Morgan fingerprint density at radius 1 is 1.52 bits per heavy atom. The molecule has 5 nitrogen and oxygen atoms in total. The largest absolute Gasteiger partial charge is 0.393 e. The molecule has 0 aliphatic heterocycles. The highest BCUT2D eigenvalue weighted by Crippen LogP contribution is 2.33. The number of hydrogen-bond donors (Lipinski definition) is 2. The molecule has 0 saturated carbocycles. The van der Waals surface area contributed by atoms with Crippen molar-refractivity contribution in [3.63, 3.8) is 0 Å². The summed E-state index contributed by atoms with van der Waals surface area (Å²) in [6, 6.07) is 2.95. The van der Waals surface area contributed by atoms with Crippen molar-refractivity contribution in [1.82, 2.24) is 14.8 Å². The quantitative estimate of drug-likeness (QED) is 0.815. The molecule has 0 fully saturated rings. The molecule has 0 aliphatic carbocycles. The molecule has 3 N–H and O–H groups in total. The summed E-state index contributed by atoms with van der Waals surface area (Å²) in [7, 11) is 0. The minimum absolute atomic E-state index is 0.0151. The molecule has 1 aromatic carbocycles. The van der Waals surface area contributed by atoms with Crippen LogP contribution in [-0.4, -0.2) is 24.9 Å². The van der Waals surface area contributed by atoms with Crippen molar-refractivity contribution in [3.05, 3.63) is 48.1 Å². The number of thiocarbonyl (C=S) groups is 1. The molecule has 8 heteroatoms. The first-order valence-corrected chi connectivity index (χ1v) is 6.55. The highest BCUT2D eigenvalue weighted by atomic mass is 32.1. The molecule has 0 aliphatic rings. The highest BCUT2D eigenvalue weighted by Gasteiger charge is 2.40. The number of halogens is 2. The van der Waals surface area contributed by atoms with Crippen molar-refractivity contribution in [1.29, 1.82) is 0 Å². The number of nitrogens with two attached hydrogens (primary N) is 1. The first kappa shape index (κ1) is 15.5. The summed E-state index contributed by atoms with van der Waals surface area (Å²) in [5.74, 6) is -2.36. The number of aromatic nitrogens is 3. The van der Waals surface area contributed by atoms with E-state index in [1.165, 1.54) is 23.4 Å². The van der Waals surface area contributed by atoms with E-state index in [0.717, 1.165) is 6.07 Å². The van der Waals surface area contributed by atoms with Crippen molar-refractivity contribution in [3.8, 4) is 0 Å². The Morgan fingerprint density at radius 3 is 2.76 bits per heavy atom. The number of aliphatic hydroxyl groups is 1. The lowest BCUT2D eigenvalue weighted by Crippen LogP contribution is -2.44. The monoisotopic (exact) mass is 312 g/mol. The Hall–Kier alpha value is -1.93. The highest BCUT2D eigenvalue weighted by molar-refractivity contribution is 7.80. The Balaban J connectivity index is 2.51. The van der Waals surface area contributed by atoms with E-state index in [1.807, 2.05) is 0 Å². The lowest BCUT2D eigenvalue weighted by molar-refractivity contribution is -0.0153. The normalized spacial score (nSPS) is 15.4. The van der Waals surface area contributed by atoms with Gasteiger partial charge in [0.05, 0.1) is 11.5 Å². The van der Waals surface area contributed by atoms with Crippen LogP contribution in [0.1, 0.15) is 12.5 Å². The molecule has 0 amide bonds. The van der Waals surface area contributed by atoms with E-state index < -0.39 is 23.2 Å². The molecule has 0 spiro atoms. The molecule has 0 unspecified atom stereocenters. The van der Waals surface area contributed by atoms with Gasteiger partial charge < -0.3 is 10.8 Å². The Kier molecular flexibility index (Phi) is 4.29. The fourth-order valence-electron chi connectivity index (χ4n) is 2.09. The topological polar surface area (TPSA) is 77.0 Å². The van der Waals surface area contributed by atoms with Gasteiger partial charge in [-0.2, -0.15) is 5.10 Å². The molecule has 1 aromatic heterocycles. The van der Waals surface area contributed by atoms with E-state index in [0.29, 0.717) is 6.07 Å². The molecular formula is C13H14F2N4OS. The third kappa shape index (κ3) is 3.06. The maximum Gasteiger partial charge on any atom is 0.137 e. The first-order valence-electron chi connectivity index (χ1n) is 6.14. The van der Waals surface area contributed by atoms with E-state index >= 15 is 0 Å². The van der Waals surface area contributed by atoms with Crippen molar-refractivity contribution in [2.24, 2.45) is 11.7 Å². The summed E-state index contributed by atoms with van der Waals surface area (Å²) in [6.45, 7) is 1.45. The van der Waals surface area contributed by atoms with Gasteiger partial charge in [0, 0.05) is 17.5 Å². The van der Waals surface area contributed by atoms with Crippen molar-refractivity contribution < 1.29 is 13.9 Å². The number of hydrogen-bond acceptors (Lipinski definition) is 4. The predicted octanol–water partition coefficient (Wildman–Crippen LogP) is 1.37. The SMILES string of the molecule is C[C@H](C(N)=S)[C@](O)(Cn1cncn1)c1ccc(F)cc1F. The molecule has 2 atom stereocenters. The molecule has 2 rings (SSSR count). The summed E-state index contributed by atoms with van der Waals surface area (Å²) in [6.07, 6.45) is 2.66. The fourth-order valence-corrected chi connectivity index (χ4v) is 2.29. The minimum Gasteiger partial charge on any atom is -0.393 e. The molecule has 112 valence electrons. The molecular weight excluding hydrogens is 298 g/mol. The Morgan fingerprint density at radius 2 is 2.24 bits per heavy atom. The number of nitrogens with zero attached hydrogens (tertiary/aromatic N) is 3. The molecule has 2 aromatic rings. The third-order valence-electron chi connectivity index (χ3n) is 3.41. The Labute approximate surface area is 125 Å². The molecule has 1 heterocycles. The summed E-state index contributed by atoms with van der Waals surface area (Å²) < 4.78 is 28.5. The van der Waals surface area contributed by atoms with Crippen molar-refractivity contribution in [2.45, 2.75) is 19.1 Å². The van der Waals surface area contributed by atoms with Gasteiger partial charge in [-0.15, -0.1) is 0 Å². The van der Waals surface area contributed by atoms with Crippen LogP contribution < -0.4 is 5.73 Å². The summed E-state index contributed by atoms with van der Waals surface area (Å²) >= 11 is 4.91. The first-order chi connectivity index (χ1) is 9.84. The van der Waals surface area contributed by atoms with Gasteiger partial charge in [-0.3, -0.25) is 0 Å². The van der Waals surface area contributed by atoms with Crippen LogP contribution in [-0.2, 0) is 12.1 Å². The predicted molar refractivity (Wildman–Crippen MR) is 76.2 cm³/mol. The van der Waals surface area contributed by atoms with Gasteiger partial charge in [-0.1, -0.05) is 25.2 Å². The molecule has 0 saturated heterocycles. The molecule has 0 radical (unpaired) electrons. The van der Waals surface area contributed by atoms with Gasteiger partial charge in [-0.25, -0.2) is 18.4 Å². The van der Waals surface area contributed by atoms with Crippen LogP contribution in [0, 0.1) is 17.6 Å². The summed E-state index contributed by atoms with van der Waals surface area (Å²) in [5, 5.41) is 14.8. The lowest BCUT2D eigenvalue weighted by Gasteiger charge is -2.34. The van der Waals surface area contributed by atoms with Gasteiger partial charge in [-0.05, 0) is 6.07 Å².